The fourth-order valence-electron chi connectivity index (χ4n) is 3.58. The van der Waals surface area contributed by atoms with Crippen molar-refractivity contribution in [2.24, 2.45) is 0 Å². The van der Waals surface area contributed by atoms with Crippen LogP contribution in [0.15, 0.2) is 41.7 Å². The largest absolute Gasteiger partial charge is 0.317 e. The van der Waals surface area contributed by atoms with Gasteiger partial charge in [0.25, 0.3) is 0 Å². The summed E-state index contributed by atoms with van der Waals surface area (Å²) in [7, 11) is -1.27. The standard InChI is InChI=1S/C21H32N4O2S/c1-17(2)28(26,27)21-22-14-20(16-24-13-12-23(4)18(3)15-24)25(21)11-10-19-8-6-5-7-9-19/h5-9,14,17-18H,10-13,15-16H2,1-4H3. The van der Waals surface area contributed by atoms with E-state index < -0.39 is 15.1 Å². The van der Waals surface area contributed by atoms with Gasteiger partial charge in [-0.15, -0.1) is 0 Å². The van der Waals surface area contributed by atoms with E-state index in [1.165, 1.54) is 5.56 Å². The molecule has 1 unspecified atom stereocenters. The molecule has 1 aliphatic heterocycles. The minimum Gasteiger partial charge on any atom is -0.317 e. The van der Waals surface area contributed by atoms with Crippen molar-refractivity contribution in [2.45, 2.75) is 56.7 Å². The van der Waals surface area contributed by atoms with Crippen molar-refractivity contribution < 1.29 is 8.42 Å². The maximum absolute atomic E-state index is 12.9. The van der Waals surface area contributed by atoms with Crippen LogP contribution in [0.25, 0.3) is 0 Å². The molecule has 0 bridgehead atoms. The molecule has 3 rings (SSSR count). The predicted octanol–water partition coefficient (Wildman–Crippen LogP) is 2.44. The average molecular weight is 405 g/mol. The molecule has 0 saturated carbocycles. The third-order valence-corrected chi connectivity index (χ3v) is 7.75. The predicted molar refractivity (Wildman–Crippen MR) is 112 cm³/mol. The SMILES string of the molecule is CC1CN(Cc2cnc(S(=O)(=O)C(C)C)n2CCc2ccccc2)CCN1C. The van der Waals surface area contributed by atoms with Gasteiger partial charge in [0, 0.05) is 38.8 Å². The molecule has 28 heavy (non-hydrogen) atoms. The van der Waals surface area contributed by atoms with Gasteiger partial charge >= 0.3 is 0 Å². The first-order valence-electron chi connectivity index (χ1n) is 10.0. The molecule has 1 atom stereocenters. The van der Waals surface area contributed by atoms with E-state index >= 15 is 0 Å². The number of piperazine rings is 1. The smallest absolute Gasteiger partial charge is 0.228 e. The number of rotatable bonds is 7. The van der Waals surface area contributed by atoms with E-state index in [4.69, 9.17) is 0 Å². The zero-order valence-corrected chi connectivity index (χ0v) is 18.2. The van der Waals surface area contributed by atoms with Gasteiger partial charge in [0.05, 0.1) is 17.1 Å². The van der Waals surface area contributed by atoms with Gasteiger partial charge < -0.3 is 9.47 Å². The monoisotopic (exact) mass is 404 g/mol. The minimum atomic E-state index is -3.43. The van der Waals surface area contributed by atoms with Crippen LogP contribution in [0, 0.1) is 0 Å². The van der Waals surface area contributed by atoms with Crippen LogP contribution in [0.4, 0.5) is 0 Å². The summed E-state index contributed by atoms with van der Waals surface area (Å²) in [5, 5.41) is -0.280. The minimum absolute atomic E-state index is 0.204. The molecule has 1 saturated heterocycles. The maximum atomic E-state index is 12.9. The average Bonchev–Trinajstić information content (AvgIpc) is 3.07. The van der Waals surface area contributed by atoms with Gasteiger partial charge in [-0.05, 0) is 39.8 Å². The zero-order valence-electron chi connectivity index (χ0n) is 17.4. The molecule has 1 fully saturated rings. The van der Waals surface area contributed by atoms with Crippen molar-refractivity contribution in [1.29, 1.82) is 0 Å². The van der Waals surface area contributed by atoms with Crippen LogP contribution in [0.1, 0.15) is 32.0 Å². The van der Waals surface area contributed by atoms with Crippen molar-refractivity contribution in [3.63, 3.8) is 0 Å². The first kappa shape index (κ1) is 21.0. The fourth-order valence-corrected chi connectivity index (χ4v) is 4.71. The summed E-state index contributed by atoms with van der Waals surface area (Å²) in [6, 6.07) is 10.7. The number of aromatic nitrogens is 2. The molecule has 2 aromatic rings. The molecule has 0 aliphatic carbocycles. The molecule has 0 spiro atoms. The van der Waals surface area contributed by atoms with Crippen LogP contribution in [0.2, 0.25) is 0 Å². The molecule has 1 aliphatic rings. The quantitative estimate of drug-likeness (QED) is 0.709. The van der Waals surface area contributed by atoms with E-state index in [0.717, 1.165) is 38.3 Å². The molecule has 0 radical (unpaired) electrons. The van der Waals surface area contributed by atoms with Gasteiger partial charge in [-0.2, -0.15) is 0 Å². The number of benzene rings is 1. The third-order valence-electron chi connectivity index (χ3n) is 5.67. The highest BCUT2D eigenvalue weighted by Gasteiger charge is 2.28. The summed E-state index contributed by atoms with van der Waals surface area (Å²) in [5.41, 5.74) is 2.18. The molecular formula is C21H32N4O2S. The van der Waals surface area contributed by atoms with Crippen molar-refractivity contribution >= 4 is 9.84 Å². The van der Waals surface area contributed by atoms with Gasteiger partial charge in [-0.25, -0.2) is 13.4 Å². The van der Waals surface area contributed by atoms with Gasteiger partial charge in [-0.1, -0.05) is 30.3 Å². The lowest BCUT2D eigenvalue weighted by atomic mass is 10.1. The lowest BCUT2D eigenvalue weighted by molar-refractivity contribution is 0.0980. The summed E-state index contributed by atoms with van der Waals surface area (Å²) >= 11 is 0. The number of nitrogens with zero attached hydrogens (tertiary/aromatic N) is 4. The zero-order chi connectivity index (χ0) is 20.3. The Kier molecular flexibility index (Phi) is 6.58. The molecule has 1 aromatic carbocycles. The lowest BCUT2D eigenvalue weighted by Gasteiger charge is -2.37. The van der Waals surface area contributed by atoms with Crippen LogP contribution < -0.4 is 0 Å². The Balaban J connectivity index is 1.86. The number of likely N-dealkylation sites (N-methyl/N-ethyl adjacent to an activating group) is 1. The van der Waals surface area contributed by atoms with Crippen molar-refractivity contribution in [3.05, 3.63) is 47.8 Å². The number of hydrogen-bond donors (Lipinski definition) is 0. The van der Waals surface area contributed by atoms with Crippen molar-refractivity contribution in [1.82, 2.24) is 19.4 Å². The van der Waals surface area contributed by atoms with Gasteiger partial charge in [0.1, 0.15) is 0 Å². The fraction of sp³-hybridized carbons (Fsp3) is 0.571. The Labute approximate surface area is 169 Å². The van der Waals surface area contributed by atoms with Gasteiger partial charge in [0.2, 0.25) is 15.0 Å². The van der Waals surface area contributed by atoms with E-state index in [-0.39, 0.29) is 5.16 Å². The van der Waals surface area contributed by atoms with E-state index in [1.807, 2.05) is 22.8 Å². The summed E-state index contributed by atoms with van der Waals surface area (Å²) in [5.74, 6) is 0. The van der Waals surface area contributed by atoms with E-state index in [0.29, 0.717) is 12.6 Å². The van der Waals surface area contributed by atoms with Crippen LogP contribution in [-0.2, 0) is 29.3 Å². The molecular weight excluding hydrogens is 372 g/mol. The second-order valence-electron chi connectivity index (χ2n) is 8.08. The van der Waals surface area contributed by atoms with Gasteiger partial charge in [-0.3, -0.25) is 4.90 Å². The summed E-state index contributed by atoms with van der Waals surface area (Å²) in [6.45, 7) is 9.99. The molecule has 154 valence electrons. The normalized spacial score (nSPS) is 19.4. The van der Waals surface area contributed by atoms with Crippen LogP contribution in [-0.4, -0.2) is 65.7 Å². The van der Waals surface area contributed by atoms with Crippen LogP contribution in [0.5, 0.6) is 0 Å². The first-order valence-corrected chi connectivity index (χ1v) is 11.6. The number of hydrogen-bond acceptors (Lipinski definition) is 5. The highest BCUT2D eigenvalue weighted by Crippen LogP contribution is 2.20. The van der Waals surface area contributed by atoms with Gasteiger partial charge in [0.15, 0.2) is 0 Å². The Morgan fingerprint density at radius 1 is 1.18 bits per heavy atom. The maximum Gasteiger partial charge on any atom is 0.228 e. The van der Waals surface area contributed by atoms with E-state index in [2.05, 4.69) is 40.9 Å². The van der Waals surface area contributed by atoms with Crippen LogP contribution >= 0.6 is 0 Å². The Morgan fingerprint density at radius 2 is 1.89 bits per heavy atom. The van der Waals surface area contributed by atoms with Crippen LogP contribution in [0.3, 0.4) is 0 Å². The van der Waals surface area contributed by atoms with E-state index in [1.54, 1.807) is 20.0 Å². The topological polar surface area (TPSA) is 58.4 Å². The second kappa shape index (κ2) is 8.76. The Hall–Kier alpha value is -1.70. The van der Waals surface area contributed by atoms with Crippen molar-refractivity contribution in [3.8, 4) is 0 Å². The molecule has 0 amide bonds. The molecule has 0 N–H and O–H groups in total. The Bertz CT molecular complexity index is 877. The van der Waals surface area contributed by atoms with Crippen molar-refractivity contribution in [2.75, 3.05) is 26.7 Å². The molecule has 6 nitrogen and oxygen atoms in total. The van der Waals surface area contributed by atoms with E-state index in [9.17, 15) is 8.42 Å². The number of sulfone groups is 1. The molecule has 7 heteroatoms. The summed E-state index contributed by atoms with van der Waals surface area (Å²) in [6.07, 6.45) is 2.53. The third kappa shape index (κ3) is 4.64. The summed E-state index contributed by atoms with van der Waals surface area (Å²) < 4.78 is 27.6. The number of imidazole rings is 1. The Morgan fingerprint density at radius 3 is 2.54 bits per heavy atom. The highest BCUT2D eigenvalue weighted by atomic mass is 32.2. The molecule has 2 heterocycles. The first-order chi connectivity index (χ1) is 13.3. The lowest BCUT2D eigenvalue weighted by Crippen LogP contribution is -2.49. The second-order valence-corrected chi connectivity index (χ2v) is 10.5. The number of aryl methyl sites for hydroxylation is 1. The molecule has 1 aromatic heterocycles. The highest BCUT2D eigenvalue weighted by molar-refractivity contribution is 7.91. The summed E-state index contributed by atoms with van der Waals surface area (Å²) in [4.78, 5) is 9.11.